The molecule has 1 fully saturated rings. The third-order valence-corrected chi connectivity index (χ3v) is 3.89. The minimum absolute atomic E-state index is 0.144. The molecule has 2 aromatic rings. The van der Waals surface area contributed by atoms with Crippen LogP contribution < -0.4 is 5.32 Å². The van der Waals surface area contributed by atoms with E-state index in [9.17, 15) is 9.59 Å². The van der Waals surface area contributed by atoms with E-state index in [0.717, 1.165) is 11.3 Å². The van der Waals surface area contributed by atoms with Crippen LogP contribution in [0.4, 0.5) is 0 Å². The van der Waals surface area contributed by atoms with Gasteiger partial charge in [-0.3, -0.25) is 9.59 Å². The number of carbonyl (C=O) groups excluding carboxylic acids is 2. The second-order valence-electron chi connectivity index (χ2n) is 5.36. The van der Waals surface area contributed by atoms with E-state index in [1.807, 2.05) is 36.5 Å². The maximum absolute atomic E-state index is 12.1. The molecule has 2 atom stereocenters. The summed E-state index contributed by atoms with van der Waals surface area (Å²) in [4.78, 5) is 23.4. The van der Waals surface area contributed by atoms with Gasteiger partial charge in [-0.05, 0) is 23.8 Å². The summed E-state index contributed by atoms with van der Waals surface area (Å²) in [6.45, 7) is 2.32. The molecule has 0 bridgehead atoms. The monoisotopic (exact) mass is 299 g/mol. The van der Waals surface area contributed by atoms with Gasteiger partial charge in [-0.25, -0.2) is 4.68 Å². The Hall–Kier alpha value is -2.63. The van der Waals surface area contributed by atoms with Crippen LogP contribution >= 0.6 is 0 Å². The molecule has 0 unspecified atom stereocenters. The number of cyclic esters (lactones) is 1. The van der Waals surface area contributed by atoms with Gasteiger partial charge in [0.1, 0.15) is 6.61 Å². The zero-order valence-electron chi connectivity index (χ0n) is 12.2. The molecular weight excluding hydrogens is 282 g/mol. The normalized spacial score (nSPS) is 20.7. The lowest BCUT2D eigenvalue weighted by molar-refractivity contribution is -0.141. The van der Waals surface area contributed by atoms with Crippen molar-refractivity contribution in [2.45, 2.75) is 13.5 Å². The molecule has 1 amide bonds. The number of aromatic nitrogens is 2. The molecule has 1 aliphatic heterocycles. The zero-order chi connectivity index (χ0) is 15.5. The fraction of sp³-hybridized carbons (Fsp3) is 0.312. The number of rotatable bonds is 4. The Balaban J connectivity index is 1.58. The summed E-state index contributed by atoms with van der Waals surface area (Å²) in [6, 6.07) is 9.63. The number of nitrogens with zero attached hydrogens (tertiary/aromatic N) is 2. The molecule has 1 saturated heterocycles. The summed E-state index contributed by atoms with van der Waals surface area (Å²) in [7, 11) is 0. The number of carbonyl (C=O) groups is 2. The molecule has 3 rings (SSSR count). The Morgan fingerprint density at radius 3 is 2.77 bits per heavy atom. The zero-order valence-corrected chi connectivity index (χ0v) is 12.2. The average molecular weight is 299 g/mol. The molecule has 22 heavy (non-hydrogen) atoms. The van der Waals surface area contributed by atoms with E-state index >= 15 is 0 Å². The number of ether oxygens (including phenoxy) is 1. The summed E-state index contributed by atoms with van der Waals surface area (Å²) in [6.07, 6.45) is 3.59. The Morgan fingerprint density at radius 2 is 2.18 bits per heavy atom. The van der Waals surface area contributed by atoms with E-state index in [0.29, 0.717) is 6.54 Å². The van der Waals surface area contributed by atoms with Crippen LogP contribution in [-0.4, -0.2) is 28.3 Å². The average Bonchev–Trinajstić information content (AvgIpc) is 3.17. The molecule has 114 valence electrons. The largest absolute Gasteiger partial charge is 0.465 e. The highest BCUT2D eigenvalue weighted by atomic mass is 16.5. The first kappa shape index (κ1) is 14.3. The van der Waals surface area contributed by atoms with E-state index in [4.69, 9.17) is 4.74 Å². The fourth-order valence-corrected chi connectivity index (χ4v) is 2.42. The molecular formula is C16H17N3O3. The molecule has 1 N–H and O–H groups in total. The van der Waals surface area contributed by atoms with Crippen molar-refractivity contribution in [2.24, 2.45) is 11.8 Å². The summed E-state index contributed by atoms with van der Waals surface area (Å²) >= 11 is 0. The Kier molecular flexibility index (Phi) is 3.91. The fourth-order valence-electron chi connectivity index (χ4n) is 2.42. The van der Waals surface area contributed by atoms with Crippen molar-refractivity contribution in [3.05, 3.63) is 48.3 Å². The van der Waals surface area contributed by atoms with Gasteiger partial charge < -0.3 is 10.1 Å². The van der Waals surface area contributed by atoms with Gasteiger partial charge >= 0.3 is 5.97 Å². The Labute approximate surface area is 128 Å². The van der Waals surface area contributed by atoms with Gasteiger partial charge in [0, 0.05) is 18.9 Å². The van der Waals surface area contributed by atoms with Crippen LogP contribution in [0.25, 0.3) is 5.69 Å². The summed E-state index contributed by atoms with van der Waals surface area (Å²) < 4.78 is 6.67. The van der Waals surface area contributed by atoms with Crippen molar-refractivity contribution in [3.8, 4) is 5.69 Å². The van der Waals surface area contributed by atoms with Crippen molar-refractivity contribution >= 4 is 11.9 Å². The molecule has 6 heteroatoms. The highest BCUT2D eigenvalue weighted by molar-refractivity contribution is 5.87. The van der Waals surface area contributed by atoms with Crippen LogP contribution in [0.2, 0.25) is 0 Å². The molecule has 2 heterocycles. The van der Waals surface area contributed by atoms with Crippen LogP contribution in [0.5, 0.6) is 0 Å². The van der Waals surface area contributed by atoms with E-state index < -0.39 is 5.92 Å². The van der Waals surface area contributed by atoms with E-state index in [2.05, 4.69) is 10.4 Å². The molecule has 0 radical (unpaired) electrons. The van der Waals surface area contributed by atoms with Gasteiger partial charge in [-0.2, -0.15) is 5.10 Å². The number of benzene rings is 1. The molecule has 0 saturated carbocycles. The molecule has 0 spiro atoms. The first-order chi connectivity index (χ1) is 10.6. The molecule has 1 aromatic carbocycles. The number of amides is 1. The van der Waals surface area contributed by atoms with Crippen LogP contribution in [0.15, 0.2) is 42.7 Å². The van der Waals surface area contributed by atoms with Gasteiger partial charge in [0.25, 0.3) is 0 Å². The molecule has 1 aliphatic rings. The highest BCUT2D eigenvalue weighted by Crippen LogP contribution is 2.21. The lowest BCUT2D eigenvalue weighted by atomic mass is 9.97. The summed E-state index contributed by atoms with van der Waals surface area (Å²) in [5, 5.41) is 7.01. The molecule has 0 aliphatic carbocycles. The van der Waals surface area contributed by atoms with E-state index in [-0.39, 0.29) is 24.4 Å². The van der Waals surface area contributed by atoms with Crippen LogP contribution in [0, 0.1) is 11.8 Å². The summed E-state index contributed by atoms with van der Waals surface area (Å²) in [5.41, 5.74) is 1.95. The summed E-state index contributed by atoms with van der Waals surface area (Å²) in [5.74, 6) is -1.21. The van der Waals surface area contributed by atoms with Crippen molar-refractivity contribution < 1.29 is 14.3 Å². The van der Waals surface area contributed by atoms with Gasteiger partial charge in [0.15, 0.2) is 0 Å². The predicted molar refractivity (Wildman–Crippen MR) is 79.0 cm³/mol. The lowest BCUT2D eigenvalue weighted by Crippen LogP contribution is -2.33. The Morgan fingerprint density at radius 1 is 1.41 bits per heavy atom. The second-order valence-corrected chi connectivity index (χ2v) is 5.36. The van der Waals surface area contributed by atoms with Gasteiger partial charge in [-0.15, -0.1) is 0 Å². The maximum Gasteiger partial charge on any atom is 0.309 e. The number of esters is 1. The Bertz CT molecular complexity index is 664. The van der Waals surface area contributed by atoms with Crippen molar-refractivity contribution in [1.29, 1.82) is 0 Å². The third kappa shape index (κ3) is 2.86. The van der Waals surface area contributed by atoms with Crippen LogP contribution in [0.3, 0.4) is 0 Å². The molecule has 6 nitrogen and oxygen atoms in total. The first-order valence-electron chi connectivity index (χ1n) is 7.18. The van der Waals surface area contributed by atoms with Gasteiger partial charge in [0.2, 0.25) is 5.91 Å². The standard InChI is InChI=1S/C16H17N3O3/c1-11-14(10-22-16(11)21)15(20)17-9-12-3-5-13(6-4-12)19-8-2-7-18-19/h2-8,11,14H,9-10H2,1H3,(H,17,20)/t11-,14+/m1/s1. The first-order valence-corrected chi connectivity index (χ1v) is 7.18. The van der Waals surface area contributed by atoms with Gasteiger partial charge in [0.05, 0.1) is 17.5 Å². The highest BCUT2D eigenvalue weighted by Gasteiger charge is 2.37. The van der Waals surface area contributed by atoms with Gasteiger partial charge in [-0.1, -0.05) is 19.1 Å². The number of hydrogen-bond donors (Lipinski definition) is 1. The minimum Gasteiger partial charge on any atom is -0.465 e. The van der Waals surface area contributed by atoms with E-state index in [1.165, 1.54) is 0 Å². The second kappa shape index (κ2) is 6.01. The van der Waals surface area contributed by atoms with Crippen LogP contribution in [-0.2, 0) is 20.9 Å². The number of hydrogen-bond acceptors (Lipinski definition) is 4. The van der Waals surface area contributed by atoms with Crippen molar-refractivity contribution in [2.75, 3.05) is 6.61 Å². The SMILES string of the molecule is C[C@H]1C(=O)OC[C@@H]1C(=O)NCc1ccc(-n2cccn2)cc1. The topological polar surface area (TPSA) is 73.2 Å². The minimum atomic E-state index is -0.393. The van der Waals surface area contributed by atoms with Crippen LogP contribution in [0.1, 0.15) is 12.5 Å². The van der Waals surface area contributed by atoms with Crippen molar-refractivity contribution in [3.63, 3.8) is 0 Å². The predicted octanol–water partition coefficient (Wildman–Crippen LogP) is 1.30. The molecule has 1 aromatic heterocycles. The quantitative estimate of drug-likeness (QED) is 0.864. The van der Waals surface area contributed by atoms with Crippen molar-refractivity contribution in [1.82, 2.24) is 15.1 Å². The maximum atomic E-state index is 12.1. The van der Waals surface area contributed by atoms with E-state index in [1.54, 1.807) is 17.8 Å². The third-order valence-electron chi connectivity index (χ3n) is 3.89. The smallest absolute Gasteiger partial charge is 0.309 e. The lowest BCUT2D eigenvalue weighted by Gasteiger charge is -2.12. The number of nitrogens with one attached hydrogen (secondary N) is 1.